The van der Waals surface area contributed by atoms with E-state index in [1.807, 2.05) is 18.8 Å². The standard InChI is InChI=1S/C10H15N5S/c1-15-10-8(6-14-15)9(12-7-13-10)11-4-3-5-16-2/h6-7H,3-5H2,1-2H3,(H,11,12,13). The van der Waals surface area contributed by atoms with Crippen molar-refractivity contribution in [1.82, 2.24) is 19.7 Å². The lowest BCUT2D eigenvalue weighted by Crippen LogP contribution is -2.05. The second kappa shape index (κ2) is 5.16. The molecule has 0 saturated heterocycles. The fourth-order valence-corrected chi connectivity index (χ4v) is 1.96. The molecule has 2 heterocycles. The molecule has 0 atom stereocenters. The molecule has 0 saturated carbocycles. The third kappa shape index (κ3) is 2.27. The van der Waals surface area contributed by atoms with E-state index in [9.17, 15) is 0 Å². The smallest absolute Gasteiger partial charge is 0.163 e. The Balaban J connectivity index is 2.11. The van der Waals surface area contributed by atoms with E-state index in [0.717, 1.165) is 35.6 Å². The lowest BCUT2D eigenvalue weighted by molar-refractivity contribution is 0.785. The van der Waals surface area contributed by atoms with E-state index in [0.29, 0.717) is 0 Å². The van der Waals surface area contributed by atoms with Crippen LogP contribution >= 0.6 is 11.8 Å². The quantitative estimate of drug-likeness (QED) is 0.799. The van der Waals surface area contributed by atoms with Gasteiger partial charge in [0.1, 0.15) is 12.1 Å². The zero-order valence-electron chi connectivity index (χ0n) is 9.47. The van der Waals surface area contributed by atoms with Crippen molar-refractivity contribution in [3.8, 4) is 0 Å². The summed E-state index contributed by atoms with van der Waals surface area (Å²) in [6, 6.07) is 0. The minimum atomic E-state index is 0.863. The van der Waals surface area contributed by atoms with Crippen molar-refractivity contribution in [1.29, 1.82) is 0 Å². The van der Waals surface area contributed by atoms with Gasteiger partial charge in [-0.25, -0.2) is 9.97 Å². The van der Waals surface area contributed by atoms with Crippen LogP contribution in [0.2, 0.25) is 0 Å². The number of fused-ring (bicyclic) bond motifs is 1. The van der Waals surface area contributed by atoms with Crippen LogP contribution < -0.4 is 5.32 Å². The van der Waals surface area contributed by atoms with Gasteiger partial charge in [0.05, 0.1) is 11.6 Å². The van der Waals surface area contributed by atoms with Crippen LogP contribution in [0.5, 0.6) is 0 Å². The van der Waals surface area contributed by atoms with Crippen molar-refractivity contribution < 1.29 is 0 Å². The molecule has 0 aromatic carbocycles. The Morgan fingerprint density at radius 2 is 2.31 bits per heavy atom. The second-order valence-corrected chi connectivity index (χ2v) is 4.49. The number of hydrogen-bond acceptors (Lipinski definition) is 5. The highest BCUT2D eigenvalue weighted by Gasteiger charge is 2.06. The molecule has 6 heteroatoms. The molecule has 0 unspecified atom stereocenters. The van der Waals surface area contributed by atoms with E-state index in [1.54, 1.807) is 17.2 Å². The number of nitrogens with zero attached hydrogens (tertiary/aromatic N) is 4. The van der Waals surface area contributed by atoms with Crippen LogP contribution in [0.1, 0.15) is 6.42 Å². The molecule has 0 aliphatic carbocycles. The minimum absolute atomic E-state index is 0.863. The minimum Gasteiger partial charge on any atom is -0.369 e. The third-order valence-corrected chi connectivity index (χ3v) is 3.04. The normalized spacial score (nSPS) is 10.9. The lowest BCUT2D eigenvalue weighted by Gasteiger charge is -2.05. The first-order valence-electron chi connectivity index (χ1n) is 5.18. The monoisotopic (exact) mass is 237 g/mol. The van der Waals surface area contributed by atoms with Crippen LogP contribution in [0.25, 0.3) is 11.0 Å². The maximum atomic E-state index is 4.24. The molecule has 0 spiro atoms. The maximum Gasteiger partial charge on any atom is 0.163 e. The van der Waals surface area contributed by atoms with Crippen molar-refractivity contribution in [2.45, 2.75) is 6.42 Å². The van der Waals surface area contributed by atoms with Crippen LogP contribution in [-0.4, -0.2) is 38.3 Å². The highest BCUT2D eigenvalue weighted by atomic mass is 32.2. The van der Waals surface area contributed by atoms with Crippen LogP contribution in [0, 0.1) is 0 Å². The summed E-state index contributed by atoms with van der Waals surface area (Å²) >= 11 is 1.86. The van der Waals surface area contributed by atoms with Crippen molar-refractivity contribution >= 4 is 28.6 Å². The van der Waals surface area contributed by atoms with E-state index in [4.69, 9.17) is 0 Å². The number of aryl methyl sites for hydroxylation is 1. The fraction of sp³-hybridized carbons (Fsp3) is 0.500. The van der Waals surface area contributed by atoms with Crippen molar-refractivity contribution in [3.05, 3.63) is 12.5 Å². The Hall–Kier alpha value is -1.30. The van der Waals surface area contributed by atoms with Gasteiger partial charge in [-0.3, -0.25) is 4.68 Å². The first-order valence-corrected chi connectivity index (χ1v) is 6.58. The highest BCUT2D eigenvalue weighted by molar-refractivity contribution is 7.98. The summed E-state index contributed by atoms with van der Waals surface area (Å²) in [7, 11) is 1.88. The fourth-order valence-electron chi connectivity index (χ4n) is 1.53. The Morgan fingerprint density at radius 1 is 1.44 bits per heavy atom. The average Bonchev–Trinajstić information content (AvgIpc) is 2.68. The van der Waals surface area contributed by atoms with E-state index >= 15 is 0 Å². The number of thioether (sulfide) groups is 1. The lowest BCUT2D eigenvalue weighted by atomic mass is 10.4. The van der Waals surface area contributed by atoms with Crippen LogP contribution in [0.3, 0.4) is 0 Å². The molecule has 0 radical (unpaired) electrons. The largest absolute Gasteiger partial charge is 0.369 e. The molecule has 5 nitrogen and oxygen atoms in total. The number of aromatic nitrogens is 4. The summed E-state index contributed by atoms with van der Waals surface area (Å²) < 4.78 is 1.75. The average molecular weight is 237 g/mol. The van der Waals surface area contributed by atoms with Crippen LogP contribution in [0.4, 0.5) is 5.82 Å². The summed E-state index contributed by atoms with van der Waals surface area (Å²) in [5, 5.41) is 8.47. The van der Waals surface area contributed by atoms with Gasteiger partial charge >= 0.3 is 0 Å². The number of hydrogen-bond donors (Lipinski definition) is 1. The van der Waals surface area contributed by atoms with Gasteiger partial charge in [0.25, 0.3) is 0 Å². The molecule has 2 aromatic rings. The molecule has 86 valence electrons. The number of rotatable bonds is 5. The van der Waals surface area contributed by atoms with Gasteiger partial charge in [-0.2, -0.15) is 16.9 Å². The summed E-state index contributed by atoms with van der Waals surface area (Å²) in [6.07, 6.45) is 6.62. The molecule has 0 fully saturated rings. The van der Waals surface area contributed by atoms with E-state index in [2.05, 4.69) is 26.6 Å². The molecular weight excluding hydrogens is 222 g/mol. The summed E-state index contributed by atoms with van der Waals surface area (Å²) in [4.78, 5) is 8.43. The number of nitrogens with one attached hydrogen (secondary N) is 1. The second-order valence-electron chi connectivity index (χ2n) is 3.50. The predicted molar refractivity (Wildman–Crippen MR) is 67.8 cm³/mol. The molecule has 0 amide bonds. The molecule has 0 aliphatic rings. The summed E-state index contributed by atoms with van der Waals surface area (Å²) in [5.41, 5.74) is 0.863. The van der Waals surface area contributed by atoms with E-state index in [-0.39, 0.29) is 0 Å². The molecular formula is C10H15N5S. The Morgan fingerprint density at radius 3 is 3.12 bits per heavy atom. The third-order valence-electron chi connectivity index (χ3n) is 2.35. The predicted octanol–water partition coefficient (Wildman–Crippen LogP) is 1.53. The van der Waals surface area contributed by atoms with E-state index < -0.39 is 0 Å². The van der Waals surface area contributed by atoms with Gasteiger partial charge < -0.3 is 5.32 Å². The molecule has 0 bridgehead atoms. The maximum absolute atomic E-state index is 4.24. The molecule has 16 heavy (non-hydrogen) atoms. The van der Waals surface area contributed by atoms with Gasteiger partial charge in [-0.05, 0) is 18.4 Å². The Labute approximate surface area is 98.7 Å². The van der Waals surface area contributed by atoms with Gasteiger partial charge in [0, 0.05) is 13.6 Å². The Bertz CT molecular complexity index is 467. The Kier molecular flexibility index (Phi) is 3.61. The highest BCUT2D eigenvalue weighted by Crippen LogP contribution is 2.17. The van der Waals surface area contributed by atoms with E-state index in [1.165, 1.54) is 0 Å². The summed E-state index contributed by atoms with van der Waals surface area (Å²) in [5.74, 6) is 2.04. The zero-order valence-corrected chi connectivity index (χ0v) is 10.3. The molecule has 1 N–H and O–H groups in total. The first-order chi connectivity index (χ1) is 7.83. The molecule has 2 aromatic heterocycles. The molecule has 0 aliphatic heterocycles. The van der Waals surface area contributed by atoms with Gasteiger partial charge in [-0.1, -0.05) is 0 Å². The zero-order chi connectivity index (χ0) is 11.4. The first kappa shape index (κ1) is 11.2. The van der Waals surface area contributed by atoms with Crippen molar-refractivity contribution in [2.75, 3.05) is 23.9 Å². The van der Waals surface area contributed by atoms with Crippen molar-refractivity contribution in [2.24, 2.45) is 7.05 Å². The SMILES string of the molecule is CSCCCNc1ncnc2c1cnn2C. The number of anilines is 1. The van der Waals surface area contributed by atoms with Gasteiger partial charge in [-0.15, -0.1) is 0 Å². The van der Waals surface area contributed by atoms with Crippen LogP contribution in [0.15, 0.2) is 12.5 Å². The van der Waals surface area contributed by atoms with Crippen molar-refractivity contribution in [3.63, 3.8) is 0 Å². The van der Waals surface area contributed by atoms with Crippen LogP contribution in [-0.2, 0) is 7.05 Å². The van der Waals surface area contributed by atoms with Gasteiger partial charge in [0.15, 0.2) is 5.65 Å². The summed E-state index contributed by atoms with van der Waals surface area (Å²) in [6.45, 7) is 0.932. The molecule has 2 rings (SSSR count). The van der Waals surface area contributed by atoms with Gasteiger partial charge in [0.2, 0.25) is 0 Å². The topological polar surface area (TPSA) is 55.6 Å².